The van der Waals surface area contributed by atoms with Crippen molar-refractivity contribution in [2.24, 2.45) is 5.92 Å². The van der Waals surface area contributed by atoms with E-state index in [1.165, 1.54) is 0 Å². The van der Waals surface area contributed by atoms with E-state index in [0.717, 1.165) is 24.8 Å². The fraction of sp³-hybridized carbons (Fsp3) is 0.615. The van der Waals surface area contributed by atoms with E-state index in [9.17, 15) is 13.0 Å². The standard InChI is InChI=1S/C13H17NO3Te/c1-8-7-18(17)13(10(8)14-12(13)16)11(15)9-5-3-2-4-6-9/h3,5,7,9-11,15H,2,4,6H2,1H3,(H,14,16)/t9-,10+,11+,13+/m1/s1. The summed E-state index contributed by atoms with van der Waals surface area (Å²) in [5, 5.41) is 13.4. The van der Waals surface area contributed by atoms with E-state index < -0.39 is 29.1 Å². The van der Waals surface area contributed by atoms with Crippen molar-refractivity contribution < 1.29 is 13.0 Å². The van der Waals surface area contributed by atoms with Crippen LogP contribution in [0, 0.1) is 5.92 Å². The van der Waals surface area contributed by atoms with Crippen molar-refractivity contribution in [2.45, 2.75) is 41.8 Å². The van der Waals surface area contributed by atoms with Crippen LogP contribution < -0.4 is 5.32 Å². The predicted octanol–water partition coefficient (Wildman–Crippen LogP) is 0.863. The van der Waals surface area contributed by atoms with Gasteiger partial charge in [0.15, 0.2) is 0 Å². The van der Waals surface area contributed by atoms with Crippen LogP contribution in [0.4, 0.5) is 0 Å². The Bertz CT molecular complexity index is 485. The number of carbonyl (C=O) groups excluding carboxylic acids is 1. The Balaban J connectivity index is 1.94. The summed E-state index contributed by atoms with van der Waals surface area (Å²) < 4.78 is 13.2. The summed E-state index contributed by atoms with van der Waals surface area (Å²) in [4.78, 5) is 12.0. The molecule has 4 nitrogen and oxygen atoms in total. The first kappa shape index (κ1) is 12.5. The Kier molecular flexibility index (Phi) is 2.97. The van der Waals surface area contributed by atoms with Crippen LogP contribution in [-0.2, 0) is 7.90 Å². The van der Waals surface area contributed by atoms with Gasteiger partial charge in [0.05, 0.1) is 0 Å². The molecule has 1 aliphatic carbocycles. The molecule has 0 radical (unpaired) electrons. The molecule has 2 aliphatic heterocycles. The summed E-state index contributed by atoms with van der Waals surface area (Å²) in [6.07, 6.45) is 6.19. The molecule has 0 saturated carbocycles. The second kappa shape index (κ2) is 4.26. The number of aliphatic hydroxyl groups excluding tert-OH is 1. The fourth-order valence-corrected chi connectivity index (χ4v) is 8.38. The van der Waals surface area contributed by atoms with Gasteiger partial charge in [-0.1, -0.05) is 0 Å². The molecular weight excluding hydrogens is 346 g/mol. The summed E-state index contributed by atoms with van der Waals surface area (Å²) in [6, 6.07) is -0.190. The Morgan fingerprint density at radius 2 is 2.39 bits per heavy atom. The second-order valence-electron chi connectivity index (χ2n) is 5.33. The van der Waals surface area contributed by atoms with Crippen LogP contribution in [-0.4, -0.2) is 42.7 Å². The molecule has 1 fully saturated rings. The van der Waals surface area contributed by atoms with Gasteiger partial charge in [-0.2, -0.15) is 0 Å². The predicted molar refractivity (Wildman–Crippen MR) is 67.3 cm³/mol. The molecule has 1 saturated heterocycles. The average Bonchev–Trinajstić information content (AvgIpc) is 2.56. The van der Waals surface area contributed by atoms with E-state index >= 15 is 0 Å². The molecule has 3 aliphatic rings. The number of carbonyl (C=O) groups is 1. The van der Waals surface area contributed by atoms with Crippen LogP contribution in [0.15, 0.2) is 21.8 Å². The van der Waals surface area contributed by atoms with Gasteiger partial charge in [0.1, 0.15) is 0 Å². The maximum atomic E-state index is 12.4. The molecule has 0 spiro atoms. The topological polar surface area (TPSA) is 66.4 Å². The molecule has 0 aromatic heterocycles. The van der Waals surface area contributed by atoms with Gasteiger partial charge in [0, 0.05) is 0 Å². The van der Waals surface area contributed by atoms with Crippen molar-refractivity contribution >= 4 is 25.4 Å². The van der Waals surface area contributed by atoms with Crippen molar-refractivity contribution in [2.75, 3.05) is 0 Å². The normalized spacial score (nSPS) is 40.8. The quantitative estimate of drug-likeness (QED) is 0.435. The first-order valence-electron chi connectivity index (χ1n) is 6.33. The number of β-lactam (4-membered cyclic amide) rings is 1. The number of rotatable bonds is 2. The van der Waals surface area contributed by atoms with Crippen molar-refractivity contribution in [1.82, 2.24) is 5.32 Å². The Hall–Kier alpha value is -0.500. The Labute approximate surface area is 113 Å². The van der Waals surface area contributed by atoms with Gasteiger partial charge in [-0.05, 0) is 0 Å². The van der Waals surface area contributed by atoms with Crippen LogP contribution in [0.1, 0.15) is 26.2 Å². The summed E-state index contributed by atoms with van der Waals surface area (Å²) in [6.45, 7) is 1.89. The summed E-state index contributed by atoms with van der Waals surface area (Å²) in [5.74, 6) is -0.234. The zero-order valence-corrected chi connectivity index (χ0v) is 12.6. The summed E-state index contributed by atoms with van der Waals surface area (Å²) in [5.41, 5.74) is 0.958. The summed E-state index contributed by atoms with van der Waals surface area (Å²) in [7, 11) is 0. The van der Waals surface area contributed by atoms with Gasteiger partial charge in [0.2, 0.25) is 0 Å². The molecule has 1 amide bonds. The van der Waals surface area contributed by atoms with Gasteiger partial charge < -0.3 is 0 Å². The van der Waals surface area contributed by atoms with Crippen LogP contribution in [0.25, 0.3) is 0 Å². The molecule has 0 bridgehead atoms. The molecule has 2 heterocycles. The summed E-state index contributed by atoms with van der Waals surface area (Å²) >= 11 is -2.93. The molecule has 0 unspecified atom stereocenters. The van der Waals surface area contributed by atoms with Crippen LogP contribution in [0.2, 0.25) is 3.46 Å². The van der Waals surface area contributed by atoms with Crippen LogP contribution in [0.5, 0.6) is 0 Å². The number of fused-ring (bicyclic) bond motifs is 1. The SMILES string of the molecule is CC1=C[Te](=O)[C@@]2([C@@H](O)[C@@H]3C=CCCC3)C(=O)N[C@@H]12. The molecular formula is C13H17NO3Te. The zero-order chi connectivity index (χ0) is 12.9. The number of hydrogen-bond donors (Lipinski definition) is 2. The van der Waals surface area contributed by atoms with E-state index in [0.29, 0.717) is 0 Å². The van der Waals surface area contributed by atoms with Crippen molar-refractivity contribution in [1.29, 1.82) is 0 Å². The first-order valence-corrected chi connectivity index (χ1v) is 9.79. The van der Waals surface area contributed by atoms with E-state index in [1.54, 1.807) is 4.12 Å². The molecule has 4 atom stereocenters. The number of aliphatic hydroxyl groups is 1. The van der Waals surface area contributed by atoms with Crippen molar-refractivity contribution in [3.63, 3.8) is 0 Å². The molecule has 5 heteroatoms. The molecule has 18 heavy (non-hydrogen) atoms. The number of hydrogen-bond acceptors (Lipinski definition) is 3. The number of allylic oxidation sites excluding steroid dienone is 1. The average molecular weight is 363 g/mol. The van der Waals surface area contributed by atoms with Crippen LogP contribution >= 0.6 is 0 Å². The minimum atomic E-state index is -2.93. The Morgan fingerprint density at radius 1 is 1.61 bits per heavy atom. The second-order valence-corrected chi connectivity index (χ2v) is 9.63. The monoisotopic (exact) mass is 365 g/mol. The third-order valence-electron chi connectivity index (χ3n) is 4.28. The Morgan fingerprint density at radius 3 is 2.94 bits per heavy atom. The van der Waals surface area contributed by atoms with E-state index in [4.69, 9.17) is 0 Å². The first-order chi connectivity index (χ1) is 8.58. The number of amides is 1. The van der Waals surface area contributed by atoms with E-state index in [-0.39, 0.29) is 17.9 Å². The molecule has 98 valence electrons. The van der Waals surface area contributed by atoms with E-state index in [1.807, 2.05) is 13.0 Å². The van der Waals surface area contributed by atoms with Gasteiger partial charge in [-0.15, -0.1) is 0 Å². The zero-order valence-electron chi connectivity index (χ0n) is 10.3. The van der Waals surface area contributed by atoms with Gasteiger partial charge in [-0.25, -0.2) is 0 Å². The fourth-order valence-electron chi connectivity index (χ4n) is 3.24. The molecule has 0 aromatic carbocycles. The minimum absolute atomic E-state index is 0.0241. The molecule has 3 rings (SSSR count). The van der Waals surface area contributed by atoms with Crippen molar-refractivity contribution in [3.05, 3.63) is 21.8 Å². The van der Waals surface area contributed by atoms with Gasteiger partial charge >= 0.3 is 113 Å². The van der Waals surface area contributed by atoms with Crippen molar-refractivity contribution in [3.8, 4) is 0 Å². The molecule has 0 aromatic rings. The maximum absolute atomic E-state index is 12.4. The van der Waals surface area contributed by atoms with E-state index in [2.05, 4.69) is 11.4 Å². The third-order valence-corrected chi connectivity index (χ3v) is 9.74. The van der Waals surface area contributed by atoms with Gasteiger partial charge in [0.25, 0.3) is 0 Å². The number of nitrogens with one attached hydrogen (secondary N) is 1. The molecule has 2 N–H and O–H groups in total. The van der Waals surface area contributed by atoms with Gasteiger partial charge in [-0.3, -0.25) is 0 Å². The third kappa shape index (κ3) is 1.44. The van der Waals surface area contributed by atoms with Crippen LogP contribution in [0.3, 0.4) is 0 Å².